The van der Waals surface area contributed by atoms with Gasteiger partial charge in [0.2, 0.25) is 5.95 Å². The van der Waals surface area contributed by atoms with Gasteiger partial charge in [0.15, 0.2) is 0 Å². The molecule has 2 heterocycles. The molecule has 0 spiro atoms. The molecule has 6 nitrogen and oxygen atoms in total. The minimum absolute atomic E-state index is 0.256. The highest BCUT2D eigenvalue weighted by Gasteiger charge is 2.21. The van der Waals surface area contributed by atoms with E-state index in [-0.39, 0.29) is 12.2 Å². The maximum Gasteiger partial charge on any atom is 0.225 e. The van der Waals surface area contributed by atoms with Crippen molar-refractivity contribution in [3.05, 3.63) is 42.0 Å². The van der Waals surface area contributed by atoms with E-state index in [0.29, 0.717) is 23.6 Å². The second-order valence-corrected chi connectivity index (χ2v) is 5.22. The minimum atomic E-state index is -0.443. The van der Waals surface area contributed by atoms with Gasteiger partial charge >= 0.3 is 0 Å². The molecule has 23 heavy (non-hydrogen) atoms. The monoisotopic (exact) mass is 316 g/mol. The van der Waals surface area contributed by atoms with Gasteiger partial charge < -0.3 is 14.8 Å². The number of anilines is 1. The van der Waals surface area contributed by atoms with E-state index in [1.54, 1.807) is 30.6 Å². The molecule has 1 aliphatic rings. The molecule has 1 N–H and O–H groups in total. The molecule has 0 radical (unpaired) electrons. The zero-order valence-electron chi connectivity index (χ0n) is 12.7. The Hall–Kier alpha value is -2.54. The Morgan fingerprint density at radius 3 is 2.83 bits per heavy atom. The summed E-state index contributed by atoms with van der Waals surface area (Å²) in [6, 6.07) is 4.90. The Morgan fingerprint density at radius 2 is 2.13 bits per heavy atom. The van der Waals surface area contributed by atoms with Crippen LogP contribution in [0.4, 0.5) is 10.3 Å². The van der Waals surface area contributed by atoms with Gasteiger partial charge in [0, 0.05) is 42.0 Å². The molecule has 0 saturated carbocycles. The summed E-state index contributed by atoms with van der Waals surface area (Å²) in [6.45, 7) is 1.06. The van der Waals surface area contributed by atoms with E-state index in [1.807, 2.05) is 4.90 Å². The first-order valence-corrected chi connectivity index (χ1v) is 7.27. The summed E-state index contributed by atoms with van der Waals surface area (Å²) in [5.41, 5.74) is 2.16. The van der Waals surface area contributed by atoms with Crippen LogP contribution in [-0.4, -0.2) is 41.0 Å². The fourth-order valence-corrected chi connectivity index (χ4v) is 2.57. The van der Waals surface area contributed by atoms with E-state index in [1.165, 1.54) is 7.11 Å². The van der Waals surface area contributed by atoms with Gasteiger partial charge in [-0.05, 0) is 0 Å². The first-order chi connectivity index (χ1) is 11.2. The average molecular weight is 316 g/mol. The Bertz CT molecular complexity index is 719. The van der Waals surface area contributed by atoms with Crippen molar-refractivity contribution in [1.29, 1.82) is 0 Å². The van der Waals surface area contributed by atoms with E-state index < -0.39 is 5.82 Å². The molecular formula is C16H17FN4O2. The van der Waals surface area contributed by atoms with E-state index in [9.17, 15) is 4.39 Å². The van der Waals surface area contributed by atoms with Crippen LogP contribution in [0.5, 0.6) is 0 Å². The lowest BCUT2D eigenvalue weighted by Crippen LogP contribution is -2.22. The minimum Gasteiger partial charge on any atom is -0.399 e. The second kappa shape index (κ2) is 6.70. The number of aromatic nitrogens is 2. The largest absolute Gasteiger partial charge is 0.399 e. The van der Waals surface area contributed by atoms with Crippen LogP contribution in [-0.2, 0) is 11.4 Å². The third kappa shape index (κ3) is 3.14. The van der Waals surface area contributed by atoms with Crippen LogP contribution < -0.4 is 4.90 Å². The lowest BCUT2D eigenvalue weighted by atomic mass is 10.1. The Kier molecular flexibility index (Phi) is 4.47. The quantitative estimate of drug-likeness (QED) is 0.874. The van der Waals surface area contributed by atoms with Crippen LogP contribution >= 0.6 is 0 Å². The summed E-state index contributed by atoms with van der Waals surface area (Å²) in [6.07, 6.45) is 3.99. The molecule has 1 aromatic carbocycles. The van der Waals surface area contributed by atoms with Crippen LogP contribution in [0, 0.1) is 5.82 Å². The maximum atomic E-state index is 14.2. The number of halogens is 1. The van der Waals surface area contributed by atoms with Crippen molar-refractivity contribution < 1.29 is 14.3 Å². The highest BCUT2D eigenvalue weighted by atomic mass is 19.1. The van der Waals surface area contributed by atoms with Crippen molar-refractivity contribution >= 4 is 11.7 Å². The van der Waals surface area contributed by atoms with Crippen LogP contribution in [0.15, 0.2) is 35.7 Å². The number of aliphatic hydroxyl groups excluding tert-OH is 1. The van der Waals surface area contributed by atoms with Gasteiger partial charge in [-0.3, -0.25) is 0 Å². The fourth-order valence-electron chi connectivity index (χ4n) is 2.57. The number of rotatable bonds is 4. The number of nitrogens with zero attached hydrogens (tertiary/aromatic N) is 4. The molecule has 0 atom stereocenters. The fraction of sp³-hybridized carbons (Fsp3) is 0.312. The number of aliphatic hydroxyl groups is 1. The molecule has 1 aromatic heterocycles. The Morgan fingerprint density at radius 1 is 1.35 bits per heavy atom. The number of hydrogen-bond acceptors (Lipinski definition) is 6. The maximum absolute atomic E-state index is 14.2. The van der Waals surface area contributed by atoms with E-state index in [4.69, 9.17) is 9.94 Å². The second-order valence-electron chi connectivity index (χ2n) is 5.22. The predicted octanol–water partition coefficient (Wildman–Crippen LogP) is 1.99. The van der Waals surface area contributed by atoms with Crippen molar-refractivity contribution in [3.8, 4) is 11.1 Å². The van der Waals surface area contributed by atoms with Crippen molar-refractivity contribution in [2.45, 2.75) is 13.0 Å². The van der Waals surface area contributed by atoms with E-state index in [2.05, 4.69) is 15.1 Å². The summed E-state index contributed by atoms with van der Waals surface area (Å²) in [5.74, 6) is 0.135. The lowest BCUT2D eigenvalue weighted by molar-refractivity contribution is 0.212. The standard InChI is InChI=1S/C16H17FN4O2/c1-23-20-13-5-6-21(9-13)16-18-7-12(8-19-16)14-4-2-3-11(10-22)15(14)17/h2-4,7-8,22H,5-6,9-10H2,1H3/b20-13+. The molecule has 1 aliphatic heterocycles. The van der Waals surface area contributed by atoms with Gasteiger partial charge in [0.25, 0.3) is 0 Å². The van der Waals surface area contributed by atoms with E-state index >= 15 is 0 Å². The molecule has 1 saturated heterocycles. The van der Waals surface area contributed by atoms with Crippen molar-refractivity contribution in [3.63, 3.8) is 0 Å². The van der Waals surface area contributed by atoms with Crippen LogP contribution in [0.25, 0.3) is 11.1 Å². The molecule has 1 fully saturated rings. The summed E-state index contributed by atoms with van der Waals surface area (Å²) >= 11 is 0. The third-order valence-electron chi connectivity index (χ3n) is 3.75. The van der Waals surface area contributed by atoms with Gasteiger partial charge in [-0.15, -0.1) is 0 Å². The van der Waals surface area contributed by atoms with Gasteiger partial charge in [0.05, 0.1) is 18.9 Å². The predicted molar refractivity (Wildman–Crippen MR) is 84.6 cm³/mol. The van der Waals surface area contributed by atoms with Gasteiger partial charge in [-0.25, -0.2) is 14.4 Å². The Balaban J connectivity index is 1.82. The molecule has 0 amide bonds. The summed E-state index contributed by atoms with van der Waals surface area (Å²) in [4.78, 5) is 15.4. The number of benzene rings is 1. The summed E-state index contributed by atoms with van der Waals surface area (Å²) in [5, 5.41) is 13.1. The molecule has 3 rings (SSSR count). The Labute approximate surface area is 133 Å². The molecule has 0 bridgehead atoms. The highest BCUT2D eigenvalue weighted by molar-refractivity contribution is 5.91. The van der Waals surface area contributed by atoms with E-state index in [0.717, 1.165) is 18.7 Å². The molecule has 0 aliphatic carbocycles. The van der Waals surface area contributed by atoms with Crippen LogP contribution in [0.3, 0.4) is 0 Å². The number of hydrogen-bond donors (Lipinski definition) is 1. The third-order valence-corrected chi connectivity index (χ3v) is 3.75. The highest BCUT2D eigenvalue weighted by Crippen LogP contribution is 2.25. The van der Waals surface area contributed by atoms with Crippen LogP contribution in [0.1, 0.15) is 12.0 Å². The zero-order chi connectivity index (χ0) is 16.2. The topological polar surface area (TPSA) is 70.8 Å². The number of oxime groups is 1. The normalized spacial score (nSPS) is 16.1. The van der Waals surface area contributed by atoms with Crippen molar-refractivity contribution in [2.75, 3.05) is 25.1 Å². The van der Waals surface area contributed by atoms with Gasteiger partial charge in [0.1, 0.15) is 12.9 Å². The SMILES string of the molecule is CO/N=C1\CCN(c2ncc(-c3cccc(CO)c3F)cn2)C1. The molecule has 2 aromatic rings. The molecule has 7 heteroatoms. The lowest BCUT2D eigenvalue weighted by Gasteiger charge is -2.14. The molecular weight excluding hydrogens is 299 g/mol. The van der Waals surface area contributed by atoms with Crippen LogP contribution in [0.2, 0.25) is 0 Å². The average Bonchev–Trinajstić information content (AvgIpc) is 3.04. The smallest absolute Gasteiger partial charge is 0.225 e. The molecule has 120 valence electrons. The first kappa shape index (κ1) is 15.4. The first-order valence-electron chi connectivity index (χ1n) is 7.27. The zero-order valence-corrected chi connectivity index (χ0v) is 12.7. The summed E-state index contributed by atoms with van der Waals surface area (Å²) in [7, 11) is 1.52. The van der Waals surface area contributed by atoms with Gasteiger partial charge in [-0.2, -0.15) is 0 Å². The summed E-state index contributed by atoms with van der Waals surface area (Å²) < 4.78 is 14.2. The van der Waals surface area contributed by atoms with Gasteiger partial charge in [-0.1, -0.05) is 23.4 Å². The van der Waals surface area contributed by atoms with Crippen molar-refractivity contribution in [2.24, 2.45) is 5.16 Å². The van der Waals surface area contributed by atoms with Crippen molar-refractivity contribution in [1.82, 2.24) is 9.97 Å². The molecule has 0 unspecified atom stereocenters.